The maximum absolute atomic E-state index is 12.7. The fourth-order valence-corrected chi connectivity index (χ4v) is 1.58. The Labute approximate surface area is 116 Å². The Morgan fingerprint density at radius 1 is 1.14 bits per heavy atom. The molecule has 3 N–H and O–H groups in total. The molecule has 0 atom stereocenters. The standard InChI is InChI=1S/C12H12F6N2O/c1-2-9(21)20-5-6-3-7(11(13,14)15)4-8(10(6)19)12(16,17)18/h3-4H,2,5,19H2,1H3,(H,20,21). The third-order valence-corrected chi connectivity index (χ3v) is 2.70. The Morgan fingerprint density at radius 2 is 1.71 bits per heavy atom. The molecule has 1 aromatic rings. The van der Waals surface area contributed by atoms with Crippen LogP contribution in [0.2, 0.25) is 0 Å². The van der Waals surface area contributed by atoms with Crippen molar-refractivity contribution >= 4 is 11.6 Å². The number of anilines is 1. The molecule has 0 bridgehead atoms. The van der Waals surface area contributed by atoms with Crippen molar-refractivity contribution in [1.82, 2.24) is 5.32 Å². The normalized spacial score (nSPS) is 12.3. The van der Waals surface area contributed by atoms with Crippen molar-refractivity contribution in [2.75, 3.05) is 5.73 Å². The minimum atomic E-state index is -5.02. The van der Waals surface area contributed by atoms with E-state index in [1.807, 2.05) is 0 Å². The molecule has 1 amide bonds. The number of carbonyl (C=O) groups excluding carboxylic acids is 1. The summed E-state index contributed by atoms with van der Waals surface area (Å²) in [5.41, 5.74) is 0.973. The van der Waals surface area contributed by atoms with Gasteiger partial charge in [0, 0.05) is 18.7 Å². The third kappa shape index (κ3) is 4.27. The summed E-state index contributed by atoms with van der Waals surface area (Å²) < 4.78 is 76.1. The summed E-state index contributed by atoms with van der Waals surface area (Å²) in [6, 6.07) is 0.459. The zero-order chi connectivity index (χ0) is 16.4. The number of hydrogen-bond donors (Lipinski definition) is 2. The molecular formula is C12H12F6N2O. The van der Waals surface area contributed by atoms with Crippen LogP contribution in [-0.4, -0.2) is 5.91 Å². The van der Waals surface area contributed by atoms with Crippen LogP contribution < -0.4 is 11.1 Å². The first-order valence-electron chi connectivity index (χ1n) is 5.80. The van der Waals surface area contributed by atoms with E-state index < -0.39 is 47.2 Å². The van der Waals surface area contributed by atoms with Gasteiger partial charge in [0.15, 0.2) is 0 Å². The van der Waals surface area contributed by atoms with Crippen LogP contribution in [-0.2, 0) is 23.7 Å². The van der Waals surface area contributed by atoms with E-state index in [9.17, 15) is 31.1 Å². The third-order valence-electron chi connectivity index (χ3n) is 2.70. The minimum absolute atomic E-state index is 0.0412. The van der Waals surface area contributed by atoms with E-state index in [-0.39, 0.29) is 12.5 Å². The van der Waals surface area contributed by atoms with E-state index in [1.165, 1.54) is 6.92 Å². The number of amides is 1. The van der Waals surface area contributed by atoms with Crippen molar-refractivity contribution in [3.63, 3.8) is 0 Å². The van der Waals surface area contributed by atoms with Crippen molar-refractivity contribution in [3.8, 4) is 0 Å². The van der Waals surface area contributed by atoms with Gasteiger partial charge in [-0.25, -0.2) is 0 Å². The topological polar surface area (TPSA) is 55.1 Å². The van der Waals surface area contributed by atoms with Gasteiger partial charge in [-0.2, -0.15) is 26.3 Å². The van der Waals surface area contributed by atoms with E-state index in [0.29, 0.717) is 6.07 Å². The lowest BCUT2D eigenvalue weighted by atomic mass is 10.0. The largest absolute Gasteiger partial charge is 0.418 e. The molecule has 0 aliphatic rings. The van der Waals surface area contributed by atoms with Gasteiger partial charge in [-0.05, 0) is 17.7 Å². The van der Waals surface area contributed by atoms with Crippen LogP contribution in [0.4, 0.5) is 32.0 Å². The summed E-state index contributed by atoms with van der Waals surface area (Å²) in [5, 5.41) is 2.19. The van der Waals surface area contributed by atoms with Gasteiger partial charge >= 0.3 is 12.4 Å². The minimum Gasteiger partial charge on any atom is -0.398 e. The Balaban J connectivity index is 3.32. The number of halogens is 6. The average molecular weight is 314 g/mol. The fraction of sp³-hybridized carbons (Fsp3) is 0.417. The molecule has 1 aromatic carbocycles. The van der Waals surface area contributed by atoms with Crippen LogP contribution in [0, 0.1) is 0 Å². The Hall–Kier alpha value is -1.93. The number of nitrogens with one attached hydrogen (secondary N) is 1. The van der Waals surface area contributed by atoms with E-state index >= 15 is 0 Å². The van der Waals surface area contributed by atoms with Gasteiger partial charge in [0.25, 0.3) is 0 Å². The zero-order valence-electron chi connectivity index (χ0n) is 10.8. The lowest BCUT2D eigenvalue weighted by molar-refractivity contribution is -0.142. The van der Waals surface area contributed by atoms with Gasteiger partial charge < -0.3 is 11.1 Å². The number of alkyl halides is 6. The van der Waals surface area contributed by atoms with Crippen LogP contribution in [0.25, 0.3) is 0 Å². The fourth-order valence-electron chi connectivity index (χ4n) is 1.58. The second kappa shape index (κ2) is 5.82. The molecule has 9 heteroatoms. The second-order valence-electron chi connectivity index (χ2n) is 4.22. The lowest BCUT2D eigenvalue weighted by Gasteiger charge is -2.17. The number of benzene rings is 1. The van der Waals surface area contributed by atoms with Crippen LogP contribution >= 0.6 is 0 Å². The highest BCUT2D eigenvalue weighted by Crippen LogP contribution is 2.40. The lowest BCUT2D eigenvalue weighted by Crippen LogP contribution is -2.23. The van der Waals surface area contributed by atoms with Crippen LogP contribution in [0.5, 0.6) is 0 Å². The quantitative estimate of drug-likeness (QED) is 0.664. The molecular weight excluding hydrogens is 302 g/mol. The molecule has 0 saturated carbocycles. The molecule has 21 heavy (non-hydrogen) atoms. The number of nitrogen functional groups attached to an aromatic ring is 1. The van der Waals surface area contributed by atoms with Gasteiger partial charge in [0.1, 0.15) is 0 Å². The molecule has 0 saturated heterocycles. The van der Waals surface area contributed by atoms with Gasteiger partial charge in [0.05, 0.1) is 11.1 Å². The monoisotopic (exact) mass is 314 g/mol. The summed E-state index contributed by atoms with van der Waals surface area (Å²) in [4.78, 5) is 11.1. The van der Waals surface area contributed by atoms with Crippen LogP contribution in [0.3, 0.4) is 0 Å². The summed E-state index contributed by atoms with van der Waals surface area (Å²) >= 11 is 0. The first-order valence-corrected chi connectivity index (χ1v) is 5.80. The molecule has 0 spiro atoms. The van der Waals surface area contributed by atoms with Crippen molar-refractivity contribution in [2.45, 2.75) is 32.2 Å². The highest BCUT2D eigenvalue weighted by atomic mass is 19.4. The van der Waals surface area contributed by atoms with Gasteiger partial charge in [0.2, 0.25) is 5.91 Å². The molecule has 0 radical (unpaired) electrons. The second-order valence-corrected chi connectivity index (χ2v) is 4.22. The average Bonchev–Trinajstić information content (AvgIpc) is 2.34. The highest BCUT2D eigenvalue weighted by molar-refractivity contribution is 5.75. The van der Waals surface area contributed by atoms with Crippen LogP contribution in [0.15, 0.2) is 12.1 Å². The molecule has 0 heterocycles. The van der Waals surface area contributed by atoms with Crippen LogP contribution in [0.1, 0.15) is 30.0 Å². The summed E-state index contributed by atoms with van der Waals surface area (Å²) in [5.74, 6) is -0.514. The maximum Gasteiger partial charge on any atom is 0.418 e. The number of hydrogen-bond acceptors (Lipinski definition) is 2. The predicted molar refractivity (Wildman–Crippen MR) is 63.0 cm³/mol. The number of rotatable bonds is 3. The molecule has 0 aromatic heterocycles. The van der Waals surface area contributed by atoms with Crippen molar-refractivity contribution < 1.29 is 31.1 Å². The first-order chi connectivity index (χ1) is 9.46. The van der Waals surface area contributed by atoms with Crippen molar-refractivity contribution in [1.29, 1.82) is 0 Å². The maximum atomic E-state index is 12.7. The van der Waals surface area contributed by atoms with E-state index in [2.05, 4.69) is 5.32 Å². The summed E-state index contributed by atoms with van der Waals surface area (Å²) in [6.45, 7) is 0.984. The molecule has 1 rings (SSSR count). The Bertz CT molecular complexity index is 536. The van der Waals surface area contributed by atoms with Gasteiger partial charge in [-0.15, -0.1) is 0 Å². The Morgan fingerprint density at radius 3 is 2.14 bits per heavy atom. The van der Waals surface area contributed by atoms with E-state index in [4.69, 9.17) is 5.73 Å². The van der Waals surface area contributed by atoms with E-state index in [1.54, 1.807) is 0 Å². The molecule has 0 fully saturated rings. The summed E-state index contributed by atoms with van der Waals surface area (Å²) in [6.07, 6.45) is -9.92. The van der Waals surface area contributed by atoms with Gasteiger partial charge in [-0.3, -0.25) is 4.79 Å². The molecule has 0 unspecified atom stereocenters. The van der Waals surface area contributed by atoms with Crippen molar-refractivity contribution in [3.05, 3.63) is 28.8 Å². The molecule has 118 valence electrons. The zero-order valence-corrected chi connectivity index (χ0v) is 10.8. The number of carbonyl (C=O) groups is 1. The first kappa shape index (κ1) is 17.1. The Kier molecular flexibility index (Phi) is 4.75. The highest BCUT2D eigenvalue weighted by Gasteiger charge is 2.39. The molecule has 0 aliphatic carbocycles. The number of nitrogens with two attached hydrogens (primary N) is 1. The molecule has 3 nitrogen and oxygen atoms in total. The predicted octanol–water partition coefficient (Wildman–Crippen LogP) is 3.33. The SMILES string of the molecule is CCC(=O)NCc1cc(C(F)(F)F)cc(C(F)(F)F)c1N. The van der Waals surface area contributed by atoms with E-state index in [0.717, 1.165) is 0 Å². The summed E-state index contributed by atoms with van der Waals surface area (Å²) in [7, 11) is 0. The van der Waals surface area contributed by atoms with Crippen molar-refractivity contribution in [2.24, 2.45) is 0 Å². The van der Waals surface area contributed by atoms with Gasteiger partial charge in [-0.1, -0.05) is 6.92 Å². The molecule has 0 aliphatic heterocycles. The smallest absolute Gasteiger partial charge is 0.398 e.